The van der Waals surface area contributed by atoms with Crippen molar-refractivity contribution in [1.29, 1.82) is 0 Å². The van der Waals surface area contributed by atoms with Crippen LogP contribution in [0.1, 0.15) is 33.8 Å². The van der Waals surface area contributed by atoms with Crippen LogP contribution in [0.15, 0.2) is 93.2 Å². The van der Waals surface area contributed by atoms with Crippen molar-refractivity contribution in [3.63, 3.8) is 0 Å². The number of methoxy groups -OCH3 is 1. The quantitative estimate of drug-likeness (QED) is 0.250. The third kappa shape index (κ3) is 6.11. The smallest absolute Gasteiger partial charge is 0.243 e. The average molecular weight is 503 g/mol. The first-order valence-corrected chi connectivity index (χ1v) is 13.1. The SMILES string of the molecule is COc1ccc(C)cc1N=Cc1ccc(CN(Cc2ccc(C)cc2)S(=O)(=O)c2ccc(C)cc2)o1. The summed E-state index contributed by atoms with van der Waals surface area (Å²) < 4.78 is 39.9. The summed E-state index contributed by atoms with van der Waals surface area (Å²) in [5.74, 6) is 1.71. The lowest BCUT2D eigenvalue weighted by molar-refractivity contribution is 0.357. The van der Waals surface area contributed by atoms with Crippen LogP contribution < -0.4 is 4.74 Å². The summed E-state index contributed by atoms with van der Waals surface area (Å²) >= 11 is 0. The number of rotatable bonds is 9. The van der Waals surface area contributed by atoms with Crippen LogP contribution in [0.4, 0.5) is 5.69 Å². The summed E-state index contributed by atoms with van der Waals surface area (Å²) in [4.78, 5) is 4.76. The first-order valence-electron chi connectivity index (χ1n) is 11.6. The Kier molecular flexibility index (Phi) is 7.72. The molecule has 0 unspecified atom stereocenters. The highest BCUT2D eigenvalue weighted by Gasteiger charge is 2.26. The molecule has 1 heterocycles. The Morgan fingerprint density at radius 1 is 0.833 bits per heavy atom. The van der Waals surface area contributed by atoms with Gasteiger partial charge in [-0.3, -0.25) is 0 Å². The fourth-order valence-corrected chi connectivity index (χ4v) is 5.13. The lowest BCUT2D eigenvalue weighted by Crippen LogP contribution is -2.30. The fraction of sp³-hybridized carbons (Fsp3) is 0.207. The molecule has 0 aliphatic rings. The van der Waals surface area contributed by atoms with Crippen molar-refractivity contribution >= 4 is 21.9 Å². The molecule has 0 aliphatic carbocycles. The predicted octanol–water partition coefficient (Wildman–Crippen LogP) is 6.36. The normalized spacial score (nSPS) is 11.9. The van der Waals surface area contributed by atoms with Crippen molar-refractivity contribution in [1.82, 2.24) is 4.31 Å². The van der Waals surface area contributed by atoms with Gasteiger partial charge in [0.2, 0.25) is 10.0 Å². The molecule has 0 saturated carbocycles. The Labute approximate surface area is 212 Å². The highest BCUT2D eigenvalue weighted by Crippen LogP contribution is 2.28. The molecule has 6 nitrogen and oxygen atoms in total. The zero-order valence-electron chi connectivity index (χ0n) is 20.9. The largest absolute Gasteiger partial charge is 0.494 e. The number of aryl methyl sites for hydroxylation is 3. The second kappa shape index (κ2) is 10.9. The van der Waals surface area contributed by atoms with Gasteiger partial charge < -0.3 is 9.15 Å². The molecule has 0 amide bonds. The van der Waals surface area contributed by atoms with Crippen LogP contribution in [0, 0.1) is 20.8 Å². The van der Waals surface area contributed by atoms with Gasteiger partial charge in [0, 0.05) is 6.54 Å². The molecular weight excluding hydrogens is 472 g/mol. The molecule has 0 aliphatic heterocycles. The molecule has 7 heteroatoms. The van der Waals surface area contributed by atoms with E-state index in [1.54, 1.807) is 49.7 Å². The van der Waals surface area contributed by atoms with Gasteiger partial charge in [-0.1, -0.05) is 53.6 Å². The number of nitrogens with zero attached hydrogens (tertiary/aromatic N) is 2. The number of aliphatic imine (C=N–C) groups is 1. The van der Waals surface area contributed by atoms with Gasteiger partial charge in [0.1, 0.15) is 23.0 Å². The van der Waals surface area contributed by atoms with E-state index in [2.05, 4.69) is 4.99 Å². The van der Waals surface area contributed by atoms with Gasteiger partial charge in [0.25, 0.3) is 0 Å². The molecule has 0 saturated heterocycles. The van der Waals surface area contributed by atoms with Crippen molar-refractivity contribution < 1.29 is 17.6 Å². The van der Waals surface area contributed by atoms with Crippen molar-refractivity contribution in [2.75, 3.05) is 7.11 Å². The molecule has 0 fully saturated rings. The van der Waals surface area contributed by atoms with Crippen LogP contribution in [-0.2, 0) is 23.1 Å². The van der Waals surface area contributed by atoms with Gasteiger partial charge in [-0.2, -0.15) is 4.31 Å². The summed E-state index contributed by atoms with van der Waals surface area (Å²) in [6.45, 7) is 6.23. The minimum absolute atomic E-state index is 0.0890. The maximum Gasteiger partial charge on any atom is 0.243 e. The van der Waals surface area contributed by atoms with Crippen molar-refractivity contribution in [3.8, 4) is 5.75 Å². The van der Waals surface area contributed by atoms with E-state index in [4.69, 9.17) is 9.15 Å². The molecule has 4 rings (SSSR count). The third-order valence-corrected chi connectivity index (χ3v) is 7.62. The van der Waals surface area contributed by atoms with Gasteiger partial charge in [0.15, 0.2) is 0 Å². The number of hydrogen-bond acceptors (Lipinski definition) is 5. The molecule has 0 bridgehead atoms. The zero-order chi connectivity index (χ0) is 25.7. The highest BCUT2D eigenvalue weighted by atomic mass is 32.2. The monoisotopic (exact) mass is 502 g/mol. The molecule has 4 aromatic rings. The molecule has 0 spiro atoms. The second-order valence-electron chi connectivity index (χ2n) is 8.81. The Balaban J connectivity index is 1.60. The van der Waals surface area contributed by atoms with Crippen molar-refractivity contribution in [2.45, 2.75) is 38.8 Å². The zero-order valence-corrected chi connectivity index (χ0v) is 21.7. The predicted molar refractivity (Wildman–Crippen MR) is 142 cm³/mol. The van der Waals surface area contributed by atoms with Gasteiger partial charge in [0.05, 0.1) is 24.8 Å². The van der Waals surface area contributed by atoms with E-state index >= 15 is 0 Å². The van der Waals surface area contributed by atoms with Crippen LogP contribution in [0.5, 0.6) is 5.75 Å². The molecule has 1 aromatic heterocycles. The molecule has 0 atom stereocenters. The second-order valence-corrected chi connectivity index (χ2v) is 10.7. The van der Waals surface area contributed by atoms with Gasteiger partial charge in [-0.05, 0) is 68.3 Å². The molecule has 3 aromatic carbocycles. The van der Waals surface area contributed by atoms with E-state index in [-0.39, 0.29) is 18.0 Å². The maximum atomic E-state index is 13.6. The van der Waals surface area contributed by atoms with E-state index in [1.807, 2.05) is 63.2 Å². The Bertz CT molecular complexity index is 1450. The first kappa shape index (κ1) is 25.4. The molecular formula is C29H30N2O4S. The number of furan rings is 1. The van der Waals surface area contributed by atoms with Crippen molar-refractivity contribution in [2.24, 2.45) is 4.99 Å². The fourth-order valence-electron chi connectivity index (χ4n) is 3.74. The summed E-state index contributed by atoms with van der Waals surface area (Å²) in [5.41, 5.74) is 4.77. The standard InChI is InChI=1S/C29H30N2O4S/c1-21-5-10-24(11-6-21)19-31(36(32,33)27-14-7-22(2)8-15-27)20-26-13-12-25(35-26)18-30-28-17-23(3)9-16-29(28)34-4/h5-18H,19-20H2,1-4H3. The van der Waals surface area contributed by atoms with Gasteiger partial charge in [-0.25, -0.2) is 13.4 Å². The van der Waals surface area contributed by atoms with Crippen molar-refractivity contribution in [3.05, 3.63) is 113 Å². The minimum atomic E-state index is -3.76. The van der Waals surface area contributed by atoms with Crippen LogP contribution >= 0.6 is 0 Å². The van der Waals surface area contributed by atoms with Crippen LogP contribution in [0.25, 0.3) is 0 Å². The lowest BCUT2D eigenvalue weighted by atomic mass is 10.1. The molecule has 186 valence electrons. The first-order chi connectivity index (χ1) is 17.2. The lowest BCUT2D eigenvalue weighted by Gasteiger charge is -2.21. The Morgan fingerprint density at radius 3 is 2.14 bits per heavy atom. The Hall–Kier alpha value is -3.68. The topological polar surface area (TPSA) is 72.1 Å². The number of sulfonamides is 1. The number of hydrogen-bond donors (Lipinski definition) is 0. The molecule has 36 heavy (non-hydrogen) atoms. The minimum Gasteiger partial charge on any atom is -0.494 e. The van der Waals surface area contributed by atoms with Gasteiger partial charge in [-0.15, -0.1) is 0 Å². The highest BCUT2D eigenvalue weighted by molar-refractivity contribution is 7.89. The van der Waals surface area contributed by atoms with Gasteiger partial charge >= 0.3 is 0 Å². The van der Waals surface area contributed by atoms with Crippen LogP contribution in [0.2, 0.25) is 0 Å². The summed E-state index contributed by atoms with van der Waals surface area (Å²) in [6.07, 6.45) is 1.61. The maximum absolute atomic E-state index is 13.6. The Morgan fingerprint density at radius 2 is 1.47 bits per heavy atom. The van der Waals surface area contributed by atoms with E-state index in [0.717, 1.165) is 22.3 Å². The molecule has 0 radical (unpaired) electrons. The van der Waals surface area contributed by atoms with Crippen LogP contribution in [-0.4, -0.2) is 26.0 Å². The average Bonchev–Trinajstić information content (AvgIpc) is 3.31. The van der Waals surface area contributed by atoms with E-state index in [9.17, 15) is 8.42 Å². The van der Waals surface area contributed by atoms with Crippen LogP contribution in [0.3, 0.4) is 0 Å². The number of benzene rings is 3. The van der Waals surface area contributed by atoms with E-state index in [1.165, 1.54) is 4.31 Å². The third-order valence-electron chi connectivity index (χ3n) is 5.82. The summed E-state index contributed by atoms with van der Waals surface area (Å²) in [6, 6.07) is 24.1. The van der Waals surface area contributed by atoms with E-state index < -0.39 is 10.0 Å². The summed E-state index contributed by atoms with van der Waals surface area (Å²) in [7, 11) is -2.16. The molecule has 0 N–H and O–H groups in total. The van der Waals surface area contributed by atoms with E-state index in [0.29, 0.717) is 23.0 Å². The summed E-state index contributed by atoms with van der Waals surface area (Å²) in [5, 5.41) is 0. The number of ether oxygens (including phenoxy) is 1.